The molecular formula is C16H25N3O2. The summed E-state index contributed by atoms with van der Waals surface area (Å²) in [6.45, 7) is 6.63. The fourth-order valence-electron chi connectivity index (χ4n) is 3.01. The van der Waals surface area contributed by atoms with E-state index in [1.54, 1.807) is 12.1 Å². The van der Waals surface area contributed by atoms with Gasteiger partial charge in [0.25, 0.3) is 5.69 Å². The van der Waals surface area contributed by atoms with Gasteiger partial charge < -0.3 is 10.2 Å². The van der Waals surface area contributed by atoms with Crippen LogP contribution in [-0.2, 0) is 6.42 Å². The van der Waals surface area contributed by atoms with Crippen molar-refractivity contribution in [3.63, 3.8) is 0 Å². The number of hydrogen-bond acceptors (Lipinski definition) is 4. The molecule has 1 aromatic carbocycles. The Bertz CT molecular complexity index is 475. The summed E-state index contributed by atoms with van der Waals surface area (Å²) in [5, 5.41) is 14.3. The summed E-state index contributed by atoms with van der Waals surface area (Å²) in [5.41, 5.74) is 1.30. The maximum absolute atomic E-state index is 10.6. The second kappa shape index (κ2) is 7.00. The minimum atomic E-state index is -0.358. The topological polar surface area (TPSA) is 58.4 Å². The van der Waals surface area contributed by atoms with Crippen LogP contribution in [0.25, 0.3) is 0 Å². The van der Waals surface area contributed by atoms with E-state index in [4.69, 9.17) is 0 Å². The molecule has 1 saturated heterocycles. The van der Waals surface area contributed by atoms with E-state index < -0.39 is 0 Å². The Morgan fingerprint density at radius 1 is 1.33 bits per heavy atom. The number of hydrogen-bond donors (Lipinski definition) is 1. The third-order valence-corrected chi connectivity index (χ3v) is 4.58. The molecular weight excluding hydrogens is 266 g/mol. The first-order valence-electron chi connectivity index (χ1n) is 7.64. The number of likely N-dealkylation sites (tertiary alicyclic amines) is 1. The Labute approximate surface area is 126 Å². The van der Waals surface area contributed by atoms with Crippen LogP contribution >= 0.6 is 0 Å². The van der Waals surface area contributed by atoms with Crippen LogP contribution in [0.15, 0.2) is 24.3 Å². The number of nitrogens with one attached hydrogen (secondary N) is 1. The number of piperidine rings is 1. The molecule has 3 unspecified atom stereocenters. The average Bonchev–Trinajstić information content (AvgIpc) is 2.45. The van der Waals surface area contributed by atoms with E-state index in [9.17, 15) is 10.1 Å². The van der Waals surface area contributed by atoms with Gasteiger partial charge >= 0.3 is 0 Å². The van der Waals surface area contributed by atoms with Gasteiger partial charge in [0.1, 0.15) is 0 Å². The molecule has 1 heterocycles. The van der Waals surface area contributed by atoms with Crippen LogP contribution in [0.1, 0.15) is 25.8 Å². The standard InChI is InChI=1S/C16H25N3O2/c1-12-11-18(3)13(2)10-16(12)17-9-8-14-4-6-15(7-5-14)19(20)21/h4-7,12-13,16-17H,8-11H2,1-3H3. The quantitative estimate of drug-likeness (QED) is 0.669. The lowest BCUT2D eigenvalue weighted by atomic mass is 9.90. The number of benzene rings is 1. The number of rotatable bonds is 5. The van der Waals surface area contributed by atoms with Crippen molar-refractivity contribution in [3.05, 3.63) is 39.9 Å². The molecule has 0 aromatic heterocycles. The largest absolute Gasteiger partial charge is 0.313 e. The molecule has 5 heteroatoms. The Hall–Kier alpha value is -1.46. The first kappa shape index (κ1) is 15.9. The normalized spacial score (nSPS) is 26.7. The van der Waals surface area contributed by atoms with Crippen molar-refractivity contribution in [2.75, 3.05) is 20.1 Å². The summed E-state index contributed by atoms with van der Waals surface area (Å²) < 4.78 is 0. The van der Waals surface area contributed by atoms with E-state index in [0.29, 0.717) is 18.0 Å². The van der Waals surface area contributed by atoms with Crippen LogP contribution in [-0.4, -0.2) is 42.0 Å². The third kappa shape index (κ3) is 4.25. The van der Waals surface area contributed by atoms with Crippen molar-refractivity contribution in [1.29, 1.82) is 0 Å². The fourth-order valence-corrected chi connectivity index (χ4v) is 3.01. The molecule has 21 heavy (non-hydrogen) atoms. The molecule has 1 N–H and O–H groups in total. The predicted molar refractivity (Wildman–Crippen MR) is 84.5 cm³/mol. The summed E-state index contributed by atoms with van der Waals surface area (Å²) in [7, 11) is 2.19. The van der Waals surface area contributed by atoms with Crippen molar-refractivity contribution in [1.82, 2.24) is 10.2 Å². The van der Waals surface area contributed by atoms with Gasteiger partial charge in [-0.25, -0.2) is 0 Å². The lowest BCUT2D eigenvalue weighted by Gasteiger charge is -2.40. The fraction of sp³-hybridized carbons (Fsp3) is 0.625. The lowest BCUT2D eigenvalue weighted by Crippen LogP contribution is -2.51. The van der Waals surface area contributed by atoms with Crippen molar-refractivity contribution in [3.8, 4) is 0 Å². The molecule has 0 radical (unpaired) electrons. The molecule has 0 bridgehead atoms. The van der Waals surface area contributed by atoms with Crippen LogP contribution in [0.3, 0.4) is 0 Å². The third-order valence-electron chi connectivity index (χ3n) is 4.58. The van der Waals surface area contributed by atoms with Crippen LogP contribution in [0.5, 0.6) is 0 Å². The summed E-state index contributed by atoms with van der Waals surface area (Å²) >= 11 is 0. The number of nitro benzene ring substituents is 1. The molecule has 1 aromatic rings. The highest BCUT2D eigenvalue weighted by atomic mass is 16.6. The number of non-ortho nitro benzene ring substituents is 1. The summed E-state index contributed by atoms with van der Waals surface area (Å²) in [6, 6.07) is 8.04. The zero-order valence-electron chi connectivity index (χ0n) is 13.1. The van der Waals surface area contributed by atoms with Gasteiger partial charge in [0.15, 0.2) is 0 Å². The Morgan fingerprint density at radius 3 is 2.62 bits per heavy atom. The van der Waals surface area contributed by atoms with Crippen molar-refractivity contribution in [2.45, 2.75) is 38.8 Å². The molecule has 0 amide bonds. The summed E-state index contributed by atoms with van der Waals surface area (Å²) in [5.74, 6) is 0.656. The first-order valence-corrected chi connectivity index (χ1v) is 7.64. The second-order valence-corrected chi connectivity index (χ2v) is 6.24. The zero-order chi connectivity index (χ0) is 15.4. The van der Waals surface area contributed by atoms with E-state index in [-0.39, 0.29) is 10.6 Å². The predicted octanol–water partition coefficient (Wildman–Crippen LogP) is 2.46. The number of nitro groups is 1. The highest BCUT2D eigenvalue weighted by molar-refractivity contribution is 5.32. The molecule has 0 saturated carbocycles. The van der Waals surface area contributed by atoms with Crippen molar-refractivity contribution >= 4 is 5.69 Å². The first-order chi connectivity index (χ1) is 9.97. The van der Waals surface area contributed by atoms with E-state index in [1.807, 2.05) is 12.1 Å². The molecule has 0 aliphatic carbocycles. The van der Waals surface area contributed by atoms with E-state index in [1.165, 1.54) is 6.42 Å². The van der Waals surface area contributed by atoms with Gasteiger partial charge in [-0.05, 0) is 44.8 Å². The minimum absolute atomic E-state index is 0.157. The van der Waals surface area contributed by atoms with Gasteiger partial charge in [-0.2, -0.15) is 0 Å². The Balaban J connectivity index is 1.80. The monoisotopic (exact) mass is 291 g/mol. The van der Waals surface area contributed by atoms with Gasteiger partial charge in [-0.1, -0.05) is 19.1 Å². The highest BCUT2D eigenvalue weighted by Gasteiger charge is 2.28. The van der Waals surface area contributed by atoms with E-state index in [0.717, 1.165) is 25.1 Å². The van der Waals surface area contributed by atoms with E-state index >= 15 is 0 Å². The summed E-state index contributed by atoms with van der Waals surface area (Å²) in [6.07, 6.45) is 2.09. The van der Waals surface area contributed by atoms with Gasteiger partial charge in [0.05, 0.1) is 4.92 Å². The van der Waals surface area contributed by atoms with Gasteiger partial charge in [-0.3, -0.25) is 10.1 Å². The molecule has 1 aliphatic heterocycles. The van der Waals surface area contributed by atoms with Crippen LogP contribution in [0.4, 0.5) is 5.69 Å². The maximum atomic E-state index is 10.6. The average molecular weight is 291 g/mol. The second-order valence-electron chi connectivity index (χ2n) is 6.24. The van der Waals surface area contributed by atoms with Crippen LogP contribution < -0.4 is 5.32 Å². The molecule has 2 rings (SSSR count). The Morgan fingerprint density at radius 2 is 2.00 bits per heavy atom. The smallest absolute Gasteiger partial charge is 0.269 e. The molecule has 3 atom stereocenters. The molecule has 0 spiro atoms. The van der Waals surface area contributed by atoms with E-state index in [2.05, 4.69) is 31.1 Å². The SMILES string of the molecule is CC1CN(C)C(C)CC1NCCc1ccc([N+](=O)[O-])cc1. The minimum Gasteiger partial charge on any atom is -0.313 e. The van der Waals surface area contributed by atoms with Crippen molar-refractivity contribution < 1.29 is 4.92 Å². The molecule has 1 aliphatic rings. The molecule has 116 valence electrons. The lowest BCUT2D eigenvalue weighted by molar-refractivity contribution is -0.384. The number of nitrogens with zero attached hydrogens (tertiary/aromatic N) is 2. The molecule has 5 nitrogen and oxygen atoms in total. The Kier molecular flexibility index (Phi) is 5.31. The van der Waals surface area contributed by atoms with Gasteiger partial charge in [-0.15, -0.1) is 0 Å². The van der Waals surface area contributed by atoms with Crippen LogP contribution in [0, 0.1) is 16.0 Å². The van der Waals surface area contributed by atoms with Gasteiger partial charge in [0, 0.05) is 30.8 Å². The molecule has 1 fully saturated rings. The van der Waals surface area contributed by atoms with Gasteiger partial charge in [0.2, 0.25) is 0 Å². The highest BCUT2D eigenvalue weighted by Crippen LogP contribution is 2.20. The van der Waals surface area contributed by atoms with Crippen LogP contribution in [0.2, 0.25) is 0 Å². The summed E-state index contributed by atoms with van der Waals surface area (Å²) in [4.78, 5) is 12.7. The van der Waals surface area contributed by atoms with Crippen molar-refractivity contribution in [2.24, 2.45) is 5.92 Å². The zero-order valence-corrected chi connectivity index (χ0v) is 13.1. The maximum Gasteiger partial charge on any atom is 0.269 e.